The van der Waals surface area contributed by atoms with E-state index in [1.165, 1.54) is 36.9 Å². The lowest BCUT2D eigenvalue weighted by atomic mass is 9.90. The molecule has 0 saturated carbocycles. The Morgan fingerprint density at radius 3 is 2.94 bits per heavy atom. The molecular weight excluding hydrogens is 206 g/mol. The van der Waals surface area contributed by atoms with Crippen LogP contribution in [0, 0.1) is 12.8 Å². The first-order chi connectivity index (χ1) is 8.29. The Labute approximate surface area is 105 Å². The minimum atomic E-state index is 0.563. The van der Waals surface area contributed by atoms with Crippen LogP contribution in [0.15, 0.2) is 30.3 Å². The van der Waals surface area contributed by atoms with Crippen molar-refractivity contribution in [2.75, 3.05) is 6.54 Å². The summed E-state index contributed by atoms with van der Waals surface area (Å²) in [4.78, 5) is 0. The fourth-order valence-electron chi connectivity index (χ4n) is 2.54. The second-order valence-corrected chi connectivity index (χ2v) is 5.07. The second-order valence-electron chi connectivity index (χ2n) is 5.07. The number of piperidine rings is 1. The second kappa shape index (κ2) is 6.02. The third kappa shape index (κ3) is 3.44. The highest BCUT2D eigenvalue weighted by Gasteiger charge is 2.17. The SMILES string of the molecule is CCC1CCNC(/C=C/c2ccccc2C)C1. The average molecular weight is 229 g/mol. The average Bonchev–Trinajstić information content (AvgIpc) is 2.38. The van der Waals surface area contributed by atoms with Crippen LogP contribution in [0.3, 0.4) is 0 Å². The predicted molar refractivity (Wildman–Crippen MR) is 75.0 cm³/mol. The zero-order valence-corrected chi connectivity index (χ0v) is 10.9. The van der Waals surface area contributed by atoms with Crippen molar-refractivity contribution in [1.82, 2.24) is 5.32 Å². The van der Waals surface area contributed by atoms with Crippen LogP contribution in [-0.2, 0) is 0 Å². The fraction of sp³-hybridized carbons (Fsp3) is 0.500. The van der Waals surface area contributed by atoms with Crippen LogP contribution >= 0.6 is 0 Å². The third-order valence-electron chi connectivity index (χ3n) is 3.82. The summed E-state index contributed by atoms with van der Waals surface area (Å²) in [5.41, 5.74) is 2.69. The molecule has 0 spiro atoms. The first-order valence-electron chi connectivity index (χ1n) is 6.77. The molecule has 1 fully saturated rings. The number of rotatable bonds is 3. The quantitative estimate of drug-likeness (QED) is 0.831. The minimum Gasteiger partial charge on any atom is -0.310 e. The summed E-state index contributed by atoms with van der Waals surface area (Å²) in [6.45, 7) is 5.64. The molecule has 0 aliphatic carbocycles. The van der Waals surface area contributed by atoms with Crippen molar-refractivity contribution in [3.8, 4) is 0 Å². The Bertz CT molecular complexity index is 381. The van der Waals surface area contributed by atoms with Gasteiger partial charge in [0, 0.05) is 6.04 Å². The summed E-state index contributed by atoms with van der Waals surface area (Å²) in [7, 11) is 0. The van der Waals surface area contributed by atoms with E-state index in [2.05, 4.69) is 55.6 Å². The maximum atomic E-state index is 3.59. The smallest absolute Gasteiger partial charge is 0.0255 e. The number of hydrogen-bond acceptors (Lipinski definition) is 1. The van der Waals surface area contributed by atoms with Crippen LogP contribution in [0.4, 0.5) is 0 Å². The molecule has 0 amide bonds. The highest BCUT2D eigenvalue weighted by molar-refractivity contribution is 5.53. The molecule has 1 aliphatic heterocycles. The van der Waals surface area contributed by atoms with Crippen LogP contribution < -0.4 is 5.32 Å². The molecule has 1 heteroatoms. The van der Waals surface area contributed by atoms with Gasteiger partial charge in [-0.3, -0.25) is 0 Å². The van der Waals surface area contributed by atoms with Gasteiger partial charge >= 0.3 is 0 Å². The van der Waals surface area contributed by atoms with E-state index < -0.39 is 0 Å². The van der Waals surface area contributed by atoms with Crippen molar-refractivity contribution < 1.29 is 0 Å². The molecule has 17 heavy (non-hydrogen) atoms. The van der Waals surface area contributed by atoms with E-state index in [1.807, 2.05) is 0 Å². The fourth-order valence-corrected chi connectivity index (χ4v) is 2.54. The summed E-state index contributed by atoms with van der Waals surface area (Å²) in [5, 5.41) is 3.59. The molecule has 2 atom stereocenters. The Balaban J connectivity index is 1.98. The van der Waals surface area contributed by atoms with Gasteiger partial charge in [-0.05, 0) is 43.4 Å². The Hall–Kier alpha value is -1.08. The maximum absolute atomic E-state index is 3.59. The van der Waals surface area contributed by atoms with E-state index in [4.69, 9.17) is 0 Å². The van der Waals surface area contributed by atoms with Crippen molar-refractivity contribution in [2.24, 2.45) is 5.92 Å². The lowest BCUT2D eigenvalue weighted by molar-refractivity contribution is 0.326. The van der Waals surface area contributed by atoms with E-state index in [-0.39, 0.29) is 0 Å². The molecule has 2 rings (SSSR count). The van der Waals surface area contributed by atoms with Crippen LogP contribution in [0.2, 0.25) is 0 Å². The summed E-state index contributed by atoms with van der Waals surface area (Å²) < 4.78 is 0. The van der Waals surface area contributed by atoms with Gasteiger partial charge in [-0.1, -0.05) is 49.8 Å². The van der Waals surface area contributed by atoms with Gasteiger partial charge in [0.25, 0.3) is 0 Å². The molecule has 2 unspecified atom stereocenters. The first kappa shape index (κ1) is 12.4. The summed E-state index contributed by atoms with van der Waals surface area (Å²) in [5.74, 6) is 0.905. The molecule has 0 aromatic heterocycles. The number of hydrogen-bond donors (Lipinski definition) is 1. The molecule has 1 aliphatic rings. The monoisotopic (exact) mass is 229 g/mol. The third-order valence-corrected chi connectivity index (χ3v) is 3.82. The Morgan fingerprint density at radius 1 is 1.35 bits per heavy atom. The molecule has 1 aromatic rings. The van der Waals surface area contributed by atoms with E-state index in [0.29, 0.717) is 6.04 Å². The minimum absolute atomic E-state index is 0.563. The van der Waals surface area contributed by atoms with E-state index in [9.17, 15) is 0 Å². The predicted octanol–water partition coefficient (Wildman–Crippen LogP) is 3.79. The van der Waals surface area contributed by atoms with Crippen LogP contribution in [-0.4, -0.2) is 12.6 Å². The van der Waals surface area contributed by atoms with Crippen molar-refractivity contribution in [3.63, 3.8) is 0 Å². The molecule has 92 valence electrons. The van der Waals surface area contributed by atoms with Gasteiger partial charge < -0.3 is 5.32 Å². The van der Waals surface area contributed by atoms with Crippen LogP contribution in [0.5, 0.6) is 0 Å². The summed E-state index contributed by atoms with van der Waals surface area (Å²) in [6, 6.07) is 9.12. The van der Waals surface area contributed by atoms with Gasteiger partial charge in [-0.15, -0.1) is 0 Å². The molecule has 0 radical (unpaired) electrons. The van der Waals surface area contributed by atoms with Crippen molar-refractivity contribution in [3.05, 3.63) is 41.5 Å². The van der Waals surface area contributed by atoms with Gasteiger partial charge in [0.2, 0.25) is 0 Å². The van der Waals surface area contributed by atoms with Crippen LogP contribution in [0.25, 0.3) is 6.08 Å². The van der Waals surface area contributed by atoms with E-state index >= 15 is 0 Å². The Morgan fingerprint density at radius 2 is 2.18 bits per heavy atom. The van der Waals surface area contributed by atoms with E-state index in [0.717, 1.165) is 5.92 Å². The van der Waals surface area contributed by atoms with Crippen LogP contribution in [0.1, 0.15) is 37.3 Å². The van der Waals surface area contributed by atoms with E-state index in [1.54, 1.807) is 0 Å². The zero-order valence-electron chi connectivity index (χ0n) is 10.9. The molecule has 1 N–H and O–H groups in total. The lowest BCUT2D eigenvalue weighted by Gasteiger charge is -2.27. The topological polar surface area (TPSA) is 12.0 Å². The number of benzene rings is 1. The summed E-state index contributed by atoms with van der Waals surface area (Å²) in [6.07, 6.45) is 8.55. The highest BCUT2D eigenvalue weighted by Crippen LogP contribution is 2.20. The maximum Gasteiger partial charge on any atom is 0.0255 e. The van der Waals surface area contributed by atoms with Crippen molar-refractivity contribution >= 4 is 6.08 Å². The number of nitrogens with one attached hydrogen (secondary N) is 1. The van der Waals surface area contributed by atoms with Crippen molar-refractivity contribution in [1.29, 1.82) is 0 Å². The lowest BCUT2D eigenvalue weighted by Crippen LogP contribution is -2.36. The first-order valence-corrected chi connectivity index (χ1v) is 6.77. The Kier molecular flexibility index (Phi) is 4.38. The van der Waals surface area contributed by atoms with Gasteiger partial charge in [0.1, 0.15) is 0 Å². The number of aryl methyl sites for hydroxylation is 1. The molecule has 1 saturated heterocycles. The summed E-state index contributed by atoms with van der Waals surface area (Å²) >= 11 is 0. The molecule has 0 bridgehead atoms. The molecule has 1 heterocycles. The highest BCUT2D eigenvalue weighted by atomic mass is 14.9. The normalized spacial score (nSPS) is 25.3. The van der Waals surface area contributed by atoms with Gasteiger partial charge in [-0.25, -0.2) is 0 Å². The largest absolute Gasteiger partial charge is 0.310 e. The zero-order chi connectivity index (χ0) is 12.1. The van der Waals surface area contributed by atoms with Gasteiger partial charge in [-0.2, -0.15) is 0 Å². The van der Waals surface area contributed by atoms with Gasteiger partial charge in [0.15, 0.2) is 0 Å². The van der Waals surface area contributed by atoms with Crippen molar-refractivity contribution in [2.45, 2.75) is 39.2 Å². The van der Waals surface area contributed by atoms with Gasteiger partial charge in [0.05, 0.1) is 0 Å². The molecule has 1 nitrogen and oxygen atoms in total. The standard InChI is InChI=1S/C16H23N/c1-3-14-10-11-17-16(12-14)9-8-15-7-5-4-6-13(15)2/h4-9,14,16-17H,3,10-12H2,1-2H3/b9-8+. The molecular formula is C16H23N. The molecule has 1 aromatic carbocycles.